The van der Waals surface area contributed by atoms with Gasteiger partial charge in [-0.2, -0.15) is 0 Å². The molecule has 7 atom stereocenters. The molecule has 0 amide bonds. The number of esters is 2. The first-order chi connectivity index (χ1) is 14.6. The highest BCUT2D eigenvalue weighted by Gasteiger charge is 2.65. The minimum atomic E-state index is -0.217. The number of carbonyl (C=O) groups is 2. The van der Waals surface area contributed by atoms with Gasteiger partial charge in [-0.15, -0.1) is 0 Å². The van der Waals surface area contributed by atoms with E-state index in [1.807, 2.05) is 0 Å². The highest BCUT2D eigenvalue weighted by molar-refractivity contribution is 5.90. The molecule has 4 saturated carbocycles. The Balaban J connectivity index is 1.68. The van der Waals surface area contributed by atoms with Crippen molar-refractivity contribution in [3.8, 4) is 0 Å². The summed E-state index contributed by atoms with van der Waals surface area (Å²) in [6, 6.07) is 0. The van der Waals surface area contributed by atoms with E-state index >= 15 is 0 Å². The first-order valence-electron chi connectivity index (χ1n) is 12.1. The molecule has 1 N–H and O–H groups in total. The fourth-order valence-electron chi connectivity index (χ4n) is 8.66. The van der Waals surface area contributed by atoms with E-state index in [0.717, 1.165) is 57.1 Å². The summed E-state index contributed by atoms with van der Waals surface area (Å²) in [5.74, 6) is 1.53. The molecule has 0 spiro atoms. The van der Waals surface area contributed by atoms with Crippen LogP contribution in [-0.4, -0.2) is 35.6 Å². The molecule has 31 heavy (non-hydrogen) atoms. The molecule has 6 nitrogen and oxygen atoms in total. The smallest absolute Gasteiger partial charge is 0.302 e. The molecule has 0 saturated heterocycles. The van der Waals surface area contributed by atoms with Crippen LogP contribution in [-0.2, 0) is 19.1 Å². The number of hydrogen-bond acceptors (Lipinski definition) is 6. The first kappa shape index (κ1) is 22.6. The van der Waals surface area contributed by atoms with Gasteiger partial charge in [0.15, 0.2) is 0 Å². The number of nitrogens with zero attached hydrogens (tertiary/aromatic N) is 1. The standard InChI is InChI=1S/C25H39NO5/c1-15(27)30-14-25-13-11-21(26-29)23(3,4)20(25)8-6-17-18-7-9-22(31-16(2)28)24(18,5)12-10-19(17)25/h17-20,22,29H,6-14H2,1-5H3/b26-21+. The summed E-state index contributed by atoms with van der Waals surface area (Å²) in [6.07, 6.45) is 8.07. The summed E-state index contributed by atoms with van der Waals surface area (Å²) in [7, 11) is 0. The Labute approximate surface area is 186 Å². The van der Waals surface area contributed by atoms with Gasteiger partial charge in [0.1, 0.15) is 6.10 Å². The Kier molecular flexibility index (Phi) is 5.66. The third-order valence-electron chi connectivity index (χ3n) is 9.99. The largest absolute Gasteiger partial charge is 0.465 e. The normalized spacial score (nSPS) is 44.7. The van der Waals surface area contributed by atoms with Crippen molar-refractivity contribution in [2.75, 3.05) is 6.61 Å². The quantitative estimate of drug-likeness (QED) is 0.386. The van der Waals surface area contributed by atoms with Crippen molar-refractivity contribution >= 4 is 17.7 Å². The molecule has 0 heterocycles. The van der Waals surface area contributed by atoms with Crippen LogP contribution in [0.5, 0.6) is 0 Å². The van der Waals surface area contributed by atoms with Gasteiger partial charge in [-0.3, -0.25) is 9.59 Å². The first-order valence-corrected chi connectivity index (χ1v) is 12.1. The average molecular weight is 434 g/mol. The van der Waals surface area contributed by atoms with Crippen LogP contribution in [0.3, 0.4) is 0 Å². The lowest BCUT2D eigenvalue weighted by molar-refractivity contribution is -0.180. The van der Waals surface area contributed by atoms with E-state index in [9.17, 15) is 14.8 Å². The molecule has 0 aliphatic heterocycles. The molecule has 0 bridgehead atoms. The van der Waals surface area contributed by atoms with E-state index in [1.54, 1.807) is 0 Å². The Bertz CT molecular complexity index is 776. The van der Waals surface area contributed by atoms with Crippen LogP contribution in [0.1, 0.15) is 86.0 Å². The van der Waals surface area contributed by atoms with Crippen molar-refractivity contribution in [1.29, 1.82) is 0 Å². The highest BCUT2D eigenvalue weighted by atomic mass is 16.5. The van der Waals surface area contributed by atoms with Crippen LogP contribution in [0.4, 0.5) is 0 Å². The van der Waals surface area contributed by atoms with Gasteiger partial charge >= 0.3 is 11.9 Å². The maximum absolute atomic E-state index is 11.8. The van der Waals surface area contributed by atoms with Gasteiger partial charge < -0.3 is 14.7 Å². The number of hydrogen-bond donors (Lipinski definition) is 1. The molecule has 4 fully saturated rings. The monoisotopic (exact) mass is 433 g/mol. The summed E-state index contributed by atoms with van der Waals surface area (Å²) in [6.45, 7) is 10.2. The van der Waals surface area contributed by atoms with Gasteiger partial charge in [0.25, 0.3) is 0 Å². The van der Waals surface area contributed by atoms with E-state index in [1.165, 1.54) is 13.8 Å². The van der Waals surface area contributed by atoms with E-state index < -0.39 is 0 Å². The third-order valence-corrected chi connectivity index (χ3v) is 9.99. The molecule has 4 rings (SSSR count). The molecular formula is C25H39NO5. The van der Waals surface area contributed by atoms with E-state index in [-0.39, 0.29) is 34.3 Å². The van der Waals surface area contributed by atoms with E-state index in [2.05, 4.69) is 25.9 Å². The summed E-state index contributed by atoms with van der Waals surface area (Å²) < 4.78 is 11.5. The minimum absolute atomic E-state index is 0.0222. The Morgan fingerprint density at radius 1 is 1.00 bits per heavy atom. The van der Waals surface area contributed by atoms with Gasteiger partial charge in [-0.25, -0.2) is 0 Å². The lowest BCUT2D eigenvalue weighted by Gasteiger charge is -2.64. The van der Waals surface area contributed by atoms with Crippen molar-refractivity contribution in [1.82, 2.24) is 0 Å². The van der Waals surface area contributed by atoms with Gasteiger partial charge in [0.05, 0.1) is 12.3 Å². The number of carbonyl (C=O) groups excluding carboxylic acids is 2. The molecule has 0 aromatic rings. The second-order valence-corrected chi connectivity index (χ2v) is 11.5. The number of rotatable bonds is 3. The Morgan fingerprint density at radius 2 is 1.74 bits per heavy atom. The Hall–Kier alpha value is -1.59. The van der Waals surface area contributed by atoms with Crippen LogP contribution >= 0.6 is 0 Å². The molecule has 0 aromatic carbocycles. The molecular weight excluding hydrogens is 394 g/mol. The van der Waals surface area contributed by atoms with Crippen molar-refractivity contribution < 1.29 is 24.3 Å². The predicted octanol–water partition coefficient (Wildman–Crippen LogP) is 4.97. The summed E-state index contributed by atoms with van der Waals surface area (Å²) in [4.78, 5) is 23.6. The highest BCUT2D eigenvalue weighted by Crippen LogP contribution is 2.68. The molecule has 4 aliphatic carbocycles. The summed E-state index contributed by atoms with van der Waals surface area (Å²) in [5.41, 5.74) is 0.637. The average Bonchev–Trinajstić information content (AvgIpc) is 3.02. The molecule has 6 heteroatoms. The zero-order valence-electron chi connectivity index (χ0n) is 19.8. The lowest BCUT2D eigenvalue weighted by atomic mass is 9.41. The van der Waals surface area contributed by atoms with E-state index in [4.69, 9.17) is 9.47 Å². The van der Waals surface area contributed by atoms with Crippen LogP contribution < -0.4 is 0 Å². The van der Waals surface area contributed by atoms with Crippen molar-refractivity contribution in [2.45, 2.75) is 92.1 Å². The maximum atomic E-state index is 11.8. The second-order valence-electron chi connectivity index (χ2n) is 11.5. The van der Waals surface area contributed by atoms with Crippen LogP contribution in [0.15, 0.2) is 5.16 Å². The summed E-state index contributed by atoms with van der Waals surface area (Å²) >= 11 is 0. The molecule has 0 radical (unpaired) electrons. The Morgan fingerprint density at radius 3 is 2.39 bits per heavy atom. The molecule has 4 aliphatic rings. The number of fused-ring (bicyclic) bond motifs is 5. The zero-order chi connectivity index (χ0) is 22.6. The molecule has 7 unspecified atom stereocenters. The second kappa shape index (κ2) is 7.77. The van der Waals surface area contributed by atoms with Crippen molar-refractivity contribution in [3.05, 3.63) is 0 Å². The van der Waals surface area contributed by atoms with Crippen molar-refractivity contribution in [3.63, 3.8) is 0 Å². The van der Waals surface area contributed by atoms with Crippen LogP contribution in [0, 0.1) is 39.9 Å². The zero-order valence-corrected chi connectivity index (χ0v) is 19.8. The SMILES string of the molecule is CC(=O)OCC12CC/C(=N\O)C(C)(C)C1CCC1C3CCC(OC(C)=O)C3(C)CCC12. The fourth-order valence-corrected chi connectivity index (χ4v) is 8.66. The van der Waals surface area contributed by atoms with Gasteiger partial charge in [-0.1, -0.05) is 25.9 Å². The lowest BCUT2D eigenvalue weighted by Crippen LogP contribution is -2.61. The topological polar surface area (TPSA) is 85.2 Å². The number of oxime groups is 1. The predicted molar refractivity (Wildman–Crippen MR) is 117 cm³/mol. The number of ether oxygens (including phenoxy) is 2. The van der Waals surface area contributed by atoms with Crippen molar-refractivity contribution in [2.24, 2.45) is 45.1 Å². The fraction of sp³-hybridized carbons (Fsp3) is 0.880. The van der Waals surface area contributed by atoms with Gasteiger partial charge in [-0.05, 0) is 75.0 Å². The molecule has 0 aromatic heterocycles. The van der Waals surface area contributed by atoms with Crippen LogP contribution in [0.2, 0.25) is 0 Å². The third kappa shape index (κ3) is 3.39. The molecule has 174 valence electrons. The van der Waals surface area contributed by atoms with Crippen LogP contribution in [0.25, 0.3) is 0 Å². The summed E-state index contributed by atoms with van der Waals surface area (Å²) in [5, 5.41) is 13.4. The van der Waals surface area contributed by atoms with E-state index in [0.29, 0.717) is 30.3 Å². The minimum Gasteiger partial charge on any atom is -0.465 e. The van der Waals surface area contributed by atoms with Gasteiger partial charge in [0, 0.05) is 30.1 Å². The maximum Gasteiger partial charge on any atom is 0.302 e. The van der Waals surface area contributed by atoms with Gasteiger partial charge in [0.2, 0.25) is 0 Å².